The molecule has 0 atom stereocenters. The number of hydrogen-bond acceptors (Lipinski definition) is 5. The van der Waals surface area contributed by atoms with Crippen molar-refractivity contribution in [2.75, 3.05) is 10.5 Å². The number of anilines is 2. The van der Waals surface area contributed by atoms with Crippen molar-refractivity contribution in [3.63, 3.8) is 0 Å². The third-order valence-corrected chi connectivity index (χ3v) is 2.48. The van der Waals surface area contributed by atoms with Gasteiger partial charge in [0.15, 0.2) is 5.76 Å². The number of hydrogen-bond donors (Lipinski definition) is 3. The van der Waals surface area contributed by atoms with E-state index in [-0.39, 0.29) is 22.6 Å². The molecule has 2 rings (SSSR count). The summed E-state index contributed by atoms with van der Waals surface area (Å²) in [7, 11) is 0. The number of carbonyl (C=O) groups is 1. The van der Waals surface area contributed by atoms with Crippen LogP contribution in [0.15, 0.2) is 40.8 Å². The Kier molecular flexibility index (Phi) is 3.87. The van der Waals surface area contributed by atoms with Crippen LogP contribution >= 0.6 is 0 Å². The smallest absolute Gasteiger partial charge is 0.416 e. The van der Waals surface area contributed by atoms with Gasteiger partial charge >= 0.3 is 6.18 Å². The second kappa shape index (κ2) is 5.46. The molecule has 1 amide bonds. The molecule has 0 spiro atoms. The largest absolute Gasteiger partial charge is 0.431 e. The molecule has 0 radical (unpaired) electrons. The molecule has 0 aliphatic carbocycles. The quantitative estimate of drug-likeness (QED) is 0.758. The highest BCUT2D eigenvalue weighted by atomic mass is 19.4. The molecular formula is C12H9F3N2O4. The van der Waals surface area contributed by atoms with Crippen molar-refractivity contribution in [3.8, 4) is 0 Å². The van der Waals surface area contributed by atoms with Gasteiger partial charge in [0.1, 0.15) is 0 Å². The number of nitrogens with one attached hydrogen (secondary N) is 1. The Balaban J connectivity index is 2.08. The van der Waals surface area contributed by atoms with Gasteiger partial charge in [0, 0.05) is 11.8 Å². The molecule has 1 heterocycles. The number of alkyl halides is 3. The van der Waals surface area contributed by atoms with Gasteiger partial charge in [0.05, 0.1) is 5.56 Å². The first-order valence-corrected chi connectivity index (χ1v) is 5.53. The molecular weight excluding hydrogens is 293 g/mol. The average molecular weight is 302 g/mol. The van der Waals surface area contributed by atoms with E-state index in [0.29, 0.717) is 0 Å². The van der Waals surface area contributed by atoms with Crippen molar-refractivity contribution >= 4 is 17.5 Å². The van der Waals surface area contributed by atoms with Gasteiger partial charge in [-0.3, -0.25) is 15.2 Å². The Morgan fingerprint density at radius 2 is 1.71 bits per heavy atom. The van der Waals surface area contributed by atoms with Crippen molar-refractivity contribution in [2.45, 2.75) is 6.18 Å². The van der Waals surface area contributed by atoms with Gasteiger partial charge in [0.2, 0.25) is 5.88 Å². The summed E-state index contributed by atoms with van der Waals surface area (Å²) in [6.07, 6.45) is -4.45. The average Bonchev–Trinajstić information content (AvgIpc) is 2.88. The first-order valence-electron chi connectivity index (χ1n) is 5.53. The predicted molar refractivity (Wildman–Crippen MR) is 64.2 cm³/mol. The first kappa shape index (κ1) is 14.9. The molecule has 112 valence electrons. The number of amides is 1. The lowest BCUT2D eigenvalue weighted by Gasteiger charge is -2.08. The fraction of sp³-hybridized carbons (Fsp3) is 0.0833. The Morgan fingerprint density at radius 3 is 2.19 bits per heavy atom. The van der Waals surface area contributed by atoms with Crippen LogP contribution in [0.1, 0.15) is 16.1 Å². The van der Waals surface area contributed by atoms with E-state index in [9.17, 15) is 18.0 Å². The Morgan fingerprint density at radius 1 is 1.10 bits per heavy atom. The summed E-state index contributed by atoms with van der Waals surface area (Å²) in [5.74, 6) is -1.37. The van der Waals surface area contributed by atoms with Gasteiger partial charge < -0.3 is 9.73 Å². The molecule has 6 nitrogen and oxygen atoms in total. The van der Waals surface area contributed by atoms with E-state index in [1.54, 1.807) is 0 Å². The molecule has 0 saturated carbocycles. The summed E-state index contributed by atoms with van der Waals surface area (Å²) in [6.45, 7) is 0. The minimum atomic E-state index is -4.45. The molecule has 0 aliphatic rings. The third kappa shape index (κ3) is 3.52. The zero-order valence-corrected chi connectivity index (χ0v) is 10.3. The second-order valence-corrected chi connectivity index (χ2v) is 3.96. The van der Waals surface area contributed by atoms with E-state index in [2.05, 4.69) is 5.32 Å². The molecule has 3 N–H and O–H groups in total. The van der Waals surface area contributed by atoms with Crippen LogP contribution in [0.4, 0.5) is 24.7 Å². The highest BCUT2D eigenvalue weighted by Gasteiger charge is 2.30. The Hall–Kier alpha value is -2.52. The third-order valence-electron chi connectivity index (χ3n) is 2.48. The van der Waals surface area contributed by atoms with Gasteiger partial charge in [-0.05, 0) is 30.3 Å². The summed E-state index contributed by atoms with van der Waals surface area (Å²) in [5, 5.41) is 19.3. The van der Waals surface area contributed by atoms with Crippen molar-refractivity contribution in [2.24, 2.45) is 0 Å². The second-order valence-electron chi connectivity index (χ2n) is 3.96. The van der Waals surface area contributed by atoms with Gasteiger partial charge in [-0.2, -0.15) is 13.2 Å². The highest BCUT2D eigenvalue weighted by molar-refractivity contribution is 6.02. The van der Waals surface area contributed by atoms with Crippen LogP contribution in [0, 0.1) is 0 Å². The molecule has 0 unspecified atom stereocenters. The summed E-state index contributed by atoms with van der Waals surface area (Å²) in [4.78, 5) is 11.7. The fourth-order valence-corrected chi connectivity index (χ4v) is 1.49. The van der Waals surface area contributed by atoms with E-state index in [4.69, 9.17) is 14.8 Å². The maximum atomic E-state index is 12.4. The summed E-state index contributed by atoms with van der Waals surface area (Å²) >= 11 is 0. The van der Waals surface area contributed by atoms with Crippen LogP contribution in [0.5, 0.6) is 0 Å². The van der Waals surface area contributed by atoms with Crippen molar-refractivity contribution in [1.29, 1.82) is 0 Å². The lowest BCUT2D eigenvalue weighted by atomic mass is 10.2. The molecule has 0 saturated heterocycles. The number of halogens is 3. The number of benzene rings is 1. The standard InChI is InChI=1S/C12H9F3N2O4/c13-12(14,15)7-1-3-8(4-2-7)16-11(18)9-5-6-10(21-9)17(19)20/h1-6,19-20H,(H,16,18). The first-order chi connectivity index (χ1) is 9.77. The minimum Gasteiger partial charge on any atom is -0.431 e. The fourth-order valence-electron chi connectivity index (χ4n) is 1.49. The highest BCUT2D eigenvalue weighted by Crippen LogP contribution is 2.29. The molecule has 1 aromatic heterocycles. The van der Waals surface area contributed by atoms with Gasteiger partial charge in [0.25, 0.3) is 5.91 Å². The van der Waals surface area contributed by atoms with Crippen LogP contribution in [0.2, 0.25) is 0 Å². The molecule has 1 aromatic carbocycles. The summed E-state index contributed by atoms with van der Waals surface area (Å²) in [5.41, 5.74) is -0.701. The number of carbonyl (C=O) groups excluding carboxylic acids is 1. The normalized spacial score (nSPS) is 11.3. The molecule has 2 aromatic rings. The summed E-state index contributed by atoms with van der Waals surface area (Å²) < 4.78 is 41.9. The molecule has 0 aliphatic heterocycles. The van der Waals surface area contributed by atoms with Crippen LogP contribution in [0.25, 0.3) is 0 Å². The molecule has 0 bridgehead atoms. The number of rotatable bonds is 3. The SMILES string of the molecule is O=C(Nc1ccc(C(F)(F)F)cc1)c1ccc(N(O)O)o1. The monoisotopic (exact) mass is 302 g/mol. The Bertz CT molecular complexity index is 635. The van der Waals surface area contributed by atoms with E-state index < -0.39 is 17.6 Å². The maximum absolute atomic E-state index is 12.4. The van der Waals surface area contributed by atoms with Crippen molar-refractivity contribution in [3.05, 3.63) is 47.7 Å². The lowest BCUT2D eigenvalue weighted by molar-refractivity contribution is -0.137. The molecule has 0 fully saturated rings. The van der Waals surface area contributed by atoms with Gasteiger partial charge in [-0.25, -0.2) is 0 Å². The van der Waals surface area contributed by atoms with Crippen LogP contribution in [-0.2, 0) is 6.18 Å². The van der Waals surface area contributed by atoms with Gasteiger partial charge in [-0.1, -0.05) is 5.23 Å². The number of furan rings is 1. The zero-order valence-electron chi connectivity index (χ0n) is 10.3. The zero-order chi connectivity index (χ0) is 15.6. The predicted octanol–water partition coefficient (Wildman–Crippen LogP) is 3.14. The van der Waals surface area contributed by atoms with Gasteiger partial charge in [-0.15, -0.1) is 0 Å². The van der Waals surface area contributed by atoms with E-state index >= 15 is 0 Å². The van der Waals surface area contributed by atoms with Crippen LogP contribution in [0.3, 0.4) is 0 Å². The van der Waals surface area contributed by atoms with Crippen molar-refractivity contribution < 1.29 is 32.8 Å². The Labute approximate surface area is 115 Å². The molecule has 21 heavy (non-hydrogen) atoms. The van der Waals surface area contributed by atoms with E-state index in [0.717, 1.165) is 30.3 Å². The van der Waals surface area contributed by atoms with E-state index in [1.807, 2.05) is 0 Å². The van der Waals surface area contributed by atoms with Crippen LogP contribution < -0.4 is 10.5 Å². The van der Waals surface area contributed by atoms with Crippen molar-refractivity contribution in [1.82, 2.24) is 0 Å². The maximum Gasteiger partial charge on any atom is 0.416 e. The van der Waals surface area contributed by atoms with E-state index in [1.165, 1.54) is 6.07 Å². The topological polar surface area (TPSA) is 85.9 Å². The summed E-state index contributed by atoms with van der Waals surface area (Å²) in [6, 6.07) is 6.14. The minimum absolute atomic E-state index is 0.135. The van der Waals surface area contributed by atoms with Crippen LogP contribution in [-0.4, -0.2) is 16.3 Å². The lowest BCUT2D eigenvalue weighted by Crippen LogP contribution is -2.12. The molecule has 9 heteroatoms. The number of nitrogens with zero attached hydrogens (tertiary/aromatic N) is 1.